The summed E-state index contributed by atoms with van der Waals surface area (Å²) in [7, 11) is 0. The standard InChI is InChI=1S/C9H17NO2S/c11-5-1-4-9(12)10-8-3-2-6-13-7-8/h8,11H,1-7H2,(H,10,12). The summed E-state index contributed by atoms with van der Waals surface area (Å²) < 4.78 is 0. The molecule has 0 spiro atoms. The van der Waals surface area contributed by atoms with Crippen LogP contribution in [0.2, 0.25) is 0 Å². The molecule has 4 heteroatoms. The molecule has 1 atom stereocenters. The number of carbonyl (C=O) groups excluding carboxylic acids is 1. The Kier molecular flexibility index (Phi) is 5.23. The molecule has 76 valence electrons. The Bertz CT molecular complexity index is 158. The summed E-state index contributed by atoms with van der Waals surface area (Å²) >= 11 is 1.90. The monoisotopic (exact) mass is 203 g/mol. The Hall–Kier alpha value is -0.220. The van der Waals surface area contributed by atoms with E-state index in [-0.39, 0.29) is 12.5 Å². The lowest BCUT2D eigenvalue weighted by Crippen LogP contribution is -2.38. The number of carbonyl (C=O) groups is 1. The van der Waals surface area contributed by atoms with Crippen molar-refractivity contribution in [2.75, 3.05) is 18.1 Å². The molecule has 1 heterocycles. The van der Waals surface area contributed by atoms with Crippen LogP contribution in [0.25, 0.3) is 0 Å². The van der Waals surface area contributed by atoms with Gasteiger partial charge in [-0.15, -0.1) is 0 Å². The smallest absolute Gasteiger partial charge is 0.220 e. The largest absolute Gasteiger partial charge is 0.396 e. The lowest BCUT2D eigenvalue weighted by Gasteiger charge is -2.22. The second kappa shape index (κ2) is 6.27. The highest BCUT2D eigenvalue weighted by Crippen LogP contribution is 2.16. The maximum atomic E-state index is 11.2. The zero-order chi connectivity index (χ0) is 9.52. The highest BCUT2D eigenvalue weighted by molar-refractivity contribution is 7.99. The Morgan fingerprint density at radius 2 is 2.46 bits per heavy atom. The number of thioether (sulfide) groups is 1. The van der Waals surface area contributed by atoms with Crippen LogP contribution in [-0.4, -0.2) is 35.2 Å². The molecular formula is C9H17NO2S. The van der Waals surface area contributed by atoms with Crippen molar-refractivity contribution in [1.82, 2.24) is 5.32 Å². The van der Waals surface area contributed by atoms with Gasteiger partial charge in [0, 0.05) is 24.8 Å². The fourth-order valence-electron chi connectivity index (χ4n) is 1.39. The van der Waals surface area contributed by atoms with Gasteiger partial charge in [-0.3, -0.25) is 4.79 Å². The summed E-state index contributed by atoms with van der Waals surface area (Å²) in [4.78, 5) is 11.2. The zero-order valence-electron chi connectivity index (χ0n) is 7.79. The number of rotatable bonds is 4. The van der Waals surface area contributed by atoms with Crippen LogP contribution < -0.4 is 5.32 Å². The van der Waals surface area contributed by atoms with Crippen LogP contribution in [-0.2, 0) is 4.79 Å². The van der Waals surface area contributed by atoms with E-state index in [1.807, 2.05) is 11.8 Å². The van der Waals surface area contributed by atoms with Crippen LogP contribution in [0.1, 0.15) is 25.7 Å². The van der Waals surface area contributed by atoms with Crippen LogP contribution in [0, 0.1) is 0 Å². The van der Waals surface area contributed by atoms with Crippen molar-refractivity contribution >= 4 is 17.7 Å². The lowest BCUT2D eigenvalue weighted by molar-refractivity contribution is -0.121. The van der Waals surface area contributed by atoms with E-state index < -0.39 is 0 Å². The van der Waals surface area contributed by atoms with Gasteiger partial charge in [0.05, 0.1) is 0 Å². The van der Waals surface area contributed by atoms with Crippen LogP contribution in [0.15, 0.2) is 0 Å². The van der Waals surface area contributed by atoms with Crippen molar-refractivity contribution in [2.24, 2.45) is 0 Å². The predicted octanol–water partition coefficient (Wildman–Crippen LogP) is 0.771. The number of hydrogen-bond donors (Lipinski definition) is 2. The van der Waals surface area contributed by atoms with Crippen LogP contribution in [0.4, 0.5) is 0 Å². The molecule has 0 radical (unpaired) electrons. The highest BCUT2D eigenvalue weighted by Gasteiger charge is 2.15. The van der Waals surface area contributed by atoms with Gasteiger partial charge in [-0.25, -0.2) is 0 Å². The van der Waals surface area contributed by atoms with Crippen molar-refractivity contribution in [3.63, 3.8) is 0 Å². The van der Waals surface area contributed by atoms with Gasteiger partial charge in [0.25, 0.3) is 0 Å². The number of aliphatic hydroxyl groups is 1. The quantitative estimate of drug-likeness (QED) is 0.709. The van der Waals surface area contributed by atoms with Crippen LogP contribution in [0.5, 0.6) is 0 Å². The minimum atomic E-state index is 0.0848. The first-order valence-corrected chi connectivity index (χ1v) is 5.96. The normalized spacial score (nSPS) is 22.7. The molecule has 13 heavy (non-hydrogen) atoms. The fraction of sp³-hybridized carbons (Fsp3) is 0.889. The number of aliphatic hydroxyl groups excluding tert-OH is 1. The first-order chi connectivity index (χ1) is 6.33. The van der Waals surface area contributed by atoms with Crippen LogP contribution >= 0.6 is 11.8 Å². The second-order valence-electron chi connectivity index (χ2n) is 3.31. The van der Waals surface area contributed by atoms with Crippen LogP contribution in [0.3, 0.4) is 0 Å². The SMILES string of the molecule is O=C(CCCO)NC1CCCSC1. The lowest BCUT2D eigenvalue weighted by atomic mass is 10.2. The molecule has 1 aliphatic heterocycles. The topological polar surface area (TPSA) is 49.3 Å². The molecule has 0 saturated carbocycles. The van der Waals surface area contributed by atoms with E-state index in [1.54, 1.807) is 0 Å². The molecule has 1 unspecified atom stereocenters. The minimum absolute atomic E-state index is 0.0848. The van der Waals surface area contributed by atoms with E-state index >= 15 is 0 Å². The van der Waals surface area contributed by atoms with Crippen molar-refractivity contribution < 1.29 is 9.90 Å². The summed E-state index contributed by atoms with van der Waals surface area (Å²) in [5.41, 5.74) is 0. The van der Waals surface area contributed by atoms with Gasteiger partial charge in [0.2, 0.25) is 5.91 Å². The number of hydrogen-bond acceptors (Lipinski definition) is 3. The molecule has 0 aromatic rings. The average molecular weight is 203 g/mol. The molecule has 0 aromatic heterocycles. The van der Waals surface area contributed by atoms with Gasteiger partial charge in [0.1, 0.15) is 0 Å². The summed E-state index contributed by atoms with van der Waals surface area (Å²) in [5.74, 6) is 2.36. The van der Waals surface area contributed by atoms with E-state index in [0.29, 0.717) is 18.9 Å². The third-order valence-corrected chi connectivity index (χ3v) is 3.30. The molecule has 0 bridgehead atoms. The van der Waals surface area contributed by atoms with E-state index in [9.17, 15) is 4.79 Å². The van der Waals surface area contributed by atoms with E-state index in [2.05, 4.69) is 5.32 Å². The van der Waals surface area contributed by atoms with E-state index in [0.717, 1.165) is 12.2 Å². The third-order valence-electron chi connectivity index (χ3n) is 2.09. The second-order valence-corrected chi connectivity index (χ2v) is 4.46. The summed E-state index contributed by atoms with van der Waals surface area (Å²) in [6.45, 7) is 0.104. The Morgan fingerprint density at radius 1 is 1.62 bits per heavy atom. The molecular weight excluding hydrogens is 186 g/mol. The highest BCUT2D eigenvalue weighted by atomic mass is 32.2. The number of nitrogens with one attached hydrogen (secondary N) is 1. The molecule has 0 aliphatic carbocycles. The Labute approximate surface area is 83.3 Å². The zero-order valence-corrected chi connectivity index (χ0v) is 8.61. The Morgan fingerprint density at radius 3 is 3.08 bits per heavy atom. The molecule has 1 amide bonds. The molecule has 1 fully saturated rings. The van der Waals surface area contributed by atoms with Gasteiger partial charge >= 0.3 is 0 Å². The van der Waals surface area contributed by atoms with Gasteiger partial charge in [-0.2, -0.15) is 11.8 Å². The summed E-state index contributed by atoms with van der Waals surface area (Å²) in [6, 6.07) is 0.366. The predicted molar refractivity (Wildman–Crippen MR) is 54.8 cm³/mol. The molecule has 3 nitrogen and oxygen atoms in total. The van der Waals surface area contributed by atoms with Crippen molar-refractivity contribution in [1.29, 1.82) is 0 Å². The molecule has 1 saturated heterocycles. The maximum absolute atomic E-state index is 11.2. The first kappa shape index (κ1) is 10.9. The number of amides is 1. The average Bonchev–Trinajstić information content (AvgIpc) is 2.16. The van der Waals surface area contributed by atoms with Crippen molar-refractivity contribution in [3.8, 4) is 0 Å². The molecule has 1 rings (SSSR count). The fourth-order valence-corrected chi connectivity index (χ4v) is 2.47. The van der Waals surface area contributed by atoms with Gasteiger partial charge in [-0.05, 0) is 25.0 Å². The summed E-state index contributed by atoms with van der Waals surface area (Å²) in [6.07, 6.45) is 3.34. The molecule has 0 aromatic carbocycles. The van der Waals surface area contributed by atoms with Gasteiger partial charge in [0.15, 0.2) is 0 Å². The third kappa shape index (κ3) is 4.52. The Balaban J connectivity index is 2.11. The first-order valence-electron chi connectivity index (χ1n) is 4.81. The van der Waals surface area contributed by atoms with Gasteiger partial charge in [-0.1, -0.05) is 0 Å². The van der Waals surface area contributed by atoms with Crippen molar-refractivity contribution in [2.45, 2.75) is 31.7 Å². The summed E-state index contributed by atoms with van der Waals surface area (Å²) in [5, 5.41) is 11.5. The van der Waals surface area contributed by atoms with E-state index in [1.165, 1.54) is 12.2 Å². The molecule has 2 N–H and O–H groups in total. The molecule has 1 aliphatic rings. The minimum Gasteiger partial charge on any atom is -0.396 e. The van der Waals surface area contributed by atoms with Crippen molar-refractivity contribution in [3.05, 3.63) is 0 Å². The maximum Gasteiger partial charge on any atom is 0.220 e. The van der Waals surface area contributed by atoms with Gasteiger partial charge < -0.3 is 10.4 Å². The van der Waals surface area contributed by atoms with E-state index in [4.69, 9.17) is 5.11 Å².